The van der Waals surface area contributed by atoms with Crippen LogP contribution < -0.4 is 0 Å². The predicted molar refractivity (Wildman–Crippen MR) is 46.6 cm³/mol. The highest BCUT2D eigenvalue weighted by molar-refractivity contribution is 5.86. The van der Waals surface area contributed by atoms with Crippen LogP contribution in [0.25, 0.3) is 11.0 Å². The van der Waals surface area contributed by atoms with Gasteiger partial charge in [-0.3, -0.25) is 4.79 Å². The first-order valence-corrected chi connectivity index (χ1v) is 4.06. The molecule has 78 valence electrons. The van der Waals surface area contributed by atoms with Crippen molar-refractivity contribution >= 4 is 17.3 Å². The van der Waals surface area contributed by atoms with Crippen LogP contribution in [0.15, 0.2) is 28.7 Å². The van der Waals surface area contributed by atoms with Gasteiger partial charge in [-0.2, -0.15) is 13.2 Å². The smallest absolute Gasteiger partial charge is 0.449 e. The zero-order valence-electron chi connectivity index (χ0n) is 7.34. The maximum Gasteiger partial charge on any atom is 0.449 e. The van der Waals surface area contributed by atoms with Gasteiger partial charge in [0.2, 0.25) is 5.76 Å². The van der Waals surface area contributed by atoms with Gasteiger partial charge in [0, 0.05) is 10.9 Å². The molecular weight excluding hydrogens is 209 g/mol. The minimum Gasteiger partial charge on any atom is -0.451 e. The molecule has 0 radical (unpaired) electrons. The second-order valence-electron chi connectivity index (χ2n) is 3.02. The topological polar surface area (TPSA) is 30.2 Å². The van der Waals surface area contributed by atoms with E-state index in [4.69, 9.17) is 0 Å². The molecular formula is C10H5F3O2. The molecule has 1 aromatic carbocycles. The Morgan fingerprint density at radius 1 is 1.20 bits per heavy atom. The van der Waals surface area contributed by atoms with Crippen LogP contribution in [0.3, 0.4) is 0 Å². The summed E-state index contributed by atoms with van der Waals surface area (Å²) in [6, 6.07) is 5.03. The van der Waals surface area contributed by atoms with Gasteiger partial charge in [-0.05, 0) is 12.1 Å². The van der Waals surface area contributed by atoms with Gasteiger partial charge >= 0.3 is 6.18 Å². The zero-order valence-corrected chi connectivity index (χ0v) is 7.34. The Morgan fingerprint density at radius 3 is 2.53 bits per heavy atom. The Balaban J connectivity index is 2.61. The molecule has 0 amide bonds. The van der Waals surface area contributed by atoms with Crippen molar-refractivity contribution in [2.75, 3.05) is 0 Å². The summed E-state index contributed by atoms with van der Waals surface area (Å²) in [5, 5.41) is 0.327. The zero-order chi connectivity index (χ0) is 11.1. The summed E-state index contributed by atoms with van der Waals surface area (Å²) < 4.78 is 41.3. The Morgan fingerprint density at radius 2 is 1.93 bits per heavy atom. The molecule has 0 bridgehead atoms. The van der Waals surface area contributed by atoms with Crippen LogP contribution in [0.2, 0.25) is 0 Å². The first kappa shape index (κ1) is 9.76. The molecule has 0 fully saturated rings. The highest BCUT2D eigenvalue weighted by atomic mass is 19.4. The summed E-state index contributed by atoms with van der Waals surface area (Å²) in [4.78, 5) is 10.4. The van der Waals surface area contributed by atoms with E-state index in [1.165, 1.54) is 18.2 Å². The standard InChI is InChI=1S/C10H5F3O2/c11-10(12,13)9-4-7-2-1-6(5-14)3-8(7)15-9/h1-5H. The van der Waals surface area contributed by atoms with Crippen molar-refractivity contribution in [2.45, 2.75) is 6.18 Å². The van der Waals surface area contributed by atoms with Crippen LogP contribution >= 0.6 is 0 Å². The number of alkyl halides is 3. The minimum atomic E-state index is -4.50. The first-order chi connectivity index (χ1) is 7.00. The number of fused-ring (bicyclic) bond motifs is 1. The molecule has 0 saturated carbocycles. The van der Waals surface area contributed by atoms with Crippen LogP contribution in [0.1, 0.15) is 16.1 Å². The van der Waals surface area contributed by atoms with Crippen molar-refractivity contribution in [3.8, 4) is 0 Å². The second-order valence-corrected chi connectivity index (χ2v) is 3.02. The lowest BCUT2D eigenvalue weighted by atomic mass is 10.2. The summed E-state index contributed by atoms with van der Waals surface area (Å²) >= 11 is 0. The lowest BCUT2D eigenvalue weighted by Gasteiger charge is -1.99. The first-order valence-electron chi connectivity index (χ1n) is 4.06. The number of aldehydes is 1. The molecule has 0 aliphatic rings. The molecule has 0 aliphatic heterocycles. The quantitative estimate of drug-likeness (QED) is 0.682. The molecule has 1 heterocycles. The molecule has 0 aliphatic carbocycles. The normalized spacial score (nSPS) is 11.9. The van der Waals surface area contributed by atoms with Gasteiger partial charge in [-0.15, -0.1) is 0 Å². The van der Waals surface area contributed by atoms with Crippen molar-refractivity contribution in [1.82, 2.24) is 0 Å². The number of carbonyl (C=O) groups is 1. The number of rotatable bonds is 1. The molecule has 0 atom stereocenters. The van der Waals surface area contributed by atoms with Gasteiger partial charge < -0.3 is 4.42 Å². The number of carbonyl (C=O) groups excluding carboxylic acids is 1. The van der Waals surface area contributed by atoms with Gasteiger partial charge in [0.05, 0.1) is 0 Å². The molecule has 2 nitrogen and oxygen atoms in total. The number of hydrogen-bond donors (Lipinski definition) is 0. The molecule has 2 rings (SSSR count). The lowest BCUT2D eigenvalue weighted by Crippen LogP contribution is -2.01. The van der Waals surface area contributed by atoms with Crippen LogP contribution in [-0.2, 0) is 6.18 Å². The Hall–Kier alpha value is -1.78. The minimum absolute atomic E-state index is 0.0620. The van der Waals surface area contributed by atoms with E-state index in [0.29, 0.717) is 11.7 Å². The van der Waals surface area contributed by atoms with Crippen LogP contribution in [0, 0.1) is 0 Å². The summed E-state index contributed by atoms with van der Waals surface area (Å²) in [6.07, 6.45) is -3.95. The Labute approximate surface area is 82.3 Å². The fraction of sp³-hybridized carbons (Fsp3) is 0.100. The maximum absolute atomic E-state index is 12.2. The third-order valence-electron chi connectivity index (χ3n) is 1.96. The van der Waals surface area contributed by atoms with E-state index >= 15 is 0 Å². The number of halogens is 3. The fourth-order valence-corrected chi connectivity index (χ4v) is 1.26. The van der Waals surface area contributed by atoms with E-state index in [1.807, 2.05) is 0 Å². The third kappa shape index (κ3) is 1.72. The second kappa shape index (κ2) is 3.12. The molecule has 2 aromatic rings. The fourth-order valence-electron chi connectivity index (χ4n) is 1.26. The lowest BCUT2D eigenvalue weighted by molar-refractivity contribution is -0.152. The molecule has 1 aromatic heterocycles. The van der Waals surface area contributed by atoms with E-state index in [-0.39, 0.29) is 11.1 Å². The van der Waals surface area contributed by atoms with Gasteiger partial charge in [-0.25, -0.2) is 0 Å². The average Bonchev–Trinajstić information content (AvgIpc) is 2.59. The summed E-state index contributed by atoms with van der Waals surface area (Å²) in [5.74, 6) is -1.06. The number of benzene rings is 1. The van der Waals surface area contributed by atoms with Crippen molar-refractivity contribution < 1.29 is 22.4 Å². The molecule has 0 unspecified atom stereocenters. The summed E-state index contributed by atoms with van der Waals surface area (Å²) in [5.41, 5.74) is 0.345. The van der Waals surface area contributed by atoms with Crippen LogP contribution in [0.4, 0.5) is 13.2 Å². The van der Waals surface area contributed by atoms with Crippen molar-refractivity contribution in [2.24, 2.45) is 0 Å². The van der Waals surface area contributed by atoms with Gasteiger partial charge in [-0.1, -0.05) is 12.1 Å². The van der Waals surface area contributed by atoms with Crippen LogP contribution in [0.5, 0.6) is 0 Å². The molecule has 5 heteroatoms. The largest absolute Gasteiger partial charge is 0.451 e. The van der Waals surface area contributed by atoms with Crippen molar-refractivity contribution in [1.29, 1.82) is 0 Å². The van der Waals surface area contributed by atoms with E-state index in [9.17, 15) is 18.0 Å². The Kier molecular flexibility index (Phi) is 2.03. The predicted octanol–water partition coefficient (Wildman–Crippen LogP) is 3.26. The van der Waals surface area contributed by atoms with Gasteiger partial charge in [0.25, 0.3) is 0 Å². The van der Waals surface area contributed by atoms with E-state index in [0.717, 1.165) is 6.07 Å². The highest BCUT2D eigenvalue weighted by Crippen LogP contribution is 2.33. The van der Waals surface area contributed by atoms with Crippen LogP contribution in [-0.4, -0.2) is 6.29 Å². The highest BCUT2D eigenvalue weighted by Gasteiger charge is 2.35. The number of furan rings is 1. The summed E-state index contributed by atoms with van der Waals surface area (Å²) in [7, 11) is 0. The third-order valence-corrected chi connectivity index (χ3v) is 1.96. The number of hydrogen-bond acceptors (Lipinski definition) is 2. The molecule has 0 spiro atoms. The van der Waals surface area contributed by atoms with E-state index in [2.05, 4.69) is 4.42 Å². The molecule has 0 saturated heterocycles. The van der Waals surface area contributed by atoms with Gasteiger partial charge in [0.1, 0.15) is 11.9 Å². The van der Waals surface area contributed by atoms with Crippen molar-refractivity contribution in [3.63, 3.8) is 0 Å². The Bertz CT molecular complexity index is 511. The van der Waals surface area contributed by atoms with Gasteiger partial charge in [0.15, 0.2) is 0 Å². The monoisotopic (exact) mass is 214 g/mol. The average molecular weight is 214 g/mol. The molecule has 15 heavy (non-hydrogen) atoms. The van der Waals surface area contributed by atoms with Crippen molar-refractivity contribution in [3.05, 3.63) is 35.6 Å². The maximum atomic E-state index is 12.2. The summed E-state index contributed by atoms with van der Waals surface area (Å²) in [6.45, 7) is 0. The SMILES string of the molecule is O=Cc1ccc2cc(C(F)(F)F)oc2c1. The van der Waals surface area contributed by atoms with E-state index < -0.39 is 11.9 Å². The molecule has 0 N–H and O–H groups in total. The van der Waals surface area contributed by atoms with E-state index in [1.54, 1.807) is 0 Å².